The molecule has 1 fully saturated rings. The molecule has 1 aliphatic rings. The van der Waals surface area contributed by atoms with E-state index in [2.05, 4.69) is 19.2 Å². The van der Waals surface area contributed by atoms with Crippen molar-refractivity contribution >= 4 is 5.97 Å². The Kier molecular flexibility index (Phi) is 7.63. The Morgan fingerprint density at radius 1 is 1.33 bits per heavy atom. The first-order valence-electron chi connectivity index (χ1n) is 8.19. The van der Waals surface area contributed by atoms with E-state index in [0.29, 0.717) is 26.0 Å². The smallest absolute Gasteiger partial charge is 0.323 e. The number of carbonyl (C=O) groups is 1. The van der Waals surface area contributed by atoms with Crippen molar-refractivity contribution in [2.24, 2.45) is 0 Å². The molecule has 3 atom stereocenters. The van der Waals surface area contributed by atoms with Gasteiger partial charge in [-0.25, -0.2) is 0 Å². The average molecular weight is 301 g/mol. The largest absolute Gasteiger partial charge is 0.480 e. The Labute approximate surface area is 128 Å². The normalized spacial score (nSPS) is 29.0. The van der Waals surface area contributed by atoms with E-state index in [0.717, 1.165) is 19.3 Å². The molecular formula is C16H31NO4. The number of aliphatic carboxylic acids is 1. The number of hydrogen-bond acceptors (Lipinski definition) is 4. The first kappa shape index (κ1) is 18.4. The van der Waals surface area contributed by atoms with Gasteiger partial charge in [-0.2, -0.15) is 0 Å². The van der Waals surface area contributed by atoms with Gasteiger partial charge in [-0.1, -0.05) is 13.8 Å². The molecular weight excluding hydrogens is 270 g/mol. The fourth-order valence-electron chi connectivity index (χ4n) is 3.17. The van der Waals surface area contributed by atoms with Crippen LogP contribution in [0.25, 0.3) is 0 Å². The van der Waals surface area contributed by atoms with E-state index in [9.17, 15) is 9.90 Å². The van der Waals surface area contributed by atoms with Gasteiger partial charge in [-0.05, 0) is 52.5 Å². The third kappa shape index (κ3) is 5.57. The highest BCUT2D eigenvalue weighted by Crippen LogP contribution is 2.23. The van der Waals surface area contributed by atoms with Crippen molar-refractivity contribution in [3.8, 4) is 0 Å². The maximum Gasteiger partial charge on any atom is 0.323 e. The number of carboxylic acid groups (broad SMARTS) is 1. The molecule has 1 saturated heterocycles. The molecule has 5 nitrogen and oxygen atoms in total. The van der Waals surface area contributed by atoms with Crippen LogP contribution in [0.2, 0.25) is 0 Å². The first-order chi connectivity index (χ1) is 9.93. The van der Waals surface area contributed by atoms with Crippen LogP contribution >= 0.6 is 0 Å². The van der Waals surface area contributed by atoms with Gasteiger partial charge in [0.1, 0.15) is 5.54 Å². The summed E-state index contributed by atoms with van der Waals surface area (Å²) in [6, 6.07) is 0. The lowest BCUT2D eigenvalue weighted by molar-refractivity contribution is -0.145. The summed E-state index contributed by atoms with van der Waals surface area (Å²) >= 11 is 0. The molecule has 0 aromatic rings. The van der Waals surface area contributed by atoms with Crippen LogP contribution in [0.5, 0.6) is 0 Å². The predicted octanol–water partition coefficient (Wildman–Crippen LogP) is 2.58. The van der Waals surface area contributed by atoms with E-state index in [4.69, 9.17) is 9.47 Å². The van der Waals surface area contributed by atoms with Crippen molar-refractivity contribution in [1.29, 1.82) is 0 Å². The molecule has 21 heavy (non-hydrogen) atoms. The Morgan fingerprint density at radius 3 is 2.43 bits per heavy atom. The summed E-state index contributed by atoms with van der Waals surface area (Å²) in [6.45, 7) is 9.28. The first-order valence-corrected chi connectivity index (χ1v) is 8.19. The van der Waals surface area contributed by atoms with Crippen molar-refractivity contribution in [1.82, 2.24) is 5.32 Å². The lowest BCUT2D eigenvalue weighted by atomic mass is 9.90. The van der Waals surface area contributed by atoms with E-state index in [1.807, 2.05) is 13.8 Å². The molecule has 1 rings (SSSR count). The lowest BCUT2D eigenvalue weighted by Gasteiger charge is -2.33. The minimum atomic E-state index is -0.811. The zero-order valence-corrected chi connectivity index (χ0v) is 13.9. The quantitative estimate of drug-likeness (QED) is 0.641. The highest BCUT2D eigenvalue weighted by Gasteiger charge is 2.35. The maximum atomic E-state index is 11.5. The maximum absolute atomic E-state index is 11.5. The van der Waals surface area contributed by atoms with Crippen LogP contribution in [0, 0.1) is 0 Å². The molecule has 124 valence electrons. The van der Waals surface area contributed by atoms with Crippen LogP contribution in [0.4, 0.5) is 0 Å². The van der Waals surface area contributed by atoms with E-state index < -0.39 is 11.5 Å². The van der Waals surface area contributed by atoms with Gasteiger partial charge in [0.25, 0.3) is 0 Å². The fraction of sp³-hybridized carbons (Fsp3) is 0.938. The summed E-state index contributed by atoms with van der Waals surface area (Å²) in [4.78, 5) is 11.5. The Balaban J connectivity index is 2.35. The molecule has 0 radical (unpaired) electrons. The minimum Gasteiger partial charge on any atom is -0.480 e. The van der Waals surface area contributed by atoms with Gasteiger partial charge in [0.05, 0.1) is 18.3 Å². The van der Waals surface area contributed by atoms with E-state index in [-0.39, 0.29) is 18.3 Å². The van der Waals surface area contributed by atoms with Crippen LogP contribution in [0.1, 0.15) is 59.8 Å². The van der Waals surface area contributed by atoms with Crippen LogP contribution in [-0.4, -0.2) is 48.1 Å². The van der Waals surface area contributed by atoms with Crippen molar-refractivity contribution in [2.75, 3.05) is 13.2 Å². The van der Waals surface area contributed by atoms with Crippen LogP contribution in [0.15, 0.2) is 0 Å². The van der Waals surface area contributed by atoms with Crippen LogP contribution in [-0.2, 0) is 14.3 Å². The number of nitrogens with one attached hydrogen (secondary N) is 1. The van der Waals surface area contributed by atoms with Crippen LogP contribution < -0.4 is 5.32 Å². The lowest BCUT2D eigenvalue weighted by Crippen LogP contribution is -2.51. The summed E-state index contributed by atoms with van der Waals surface area (Å²) in [7, 11) is 0. The predicted molar refractivity (Wildman–Crippen MR) is 82.6 cm³/mol. The fourth-order valence-corrected chi connectivity index (χ4v) is 3.17. The number of rotatable bonds is 9. The average Bonchev–Trinajstić information content (AvgIpc) is 2.41. The van der Waals surface area contributed by atoms with Crippen molar-refractivity contribution in [2.45, 2.75) is 83.6 Å². The topological polar surface area (TPSA) is 67.8 Å². The number of carboxylic acids is 1. The standard InChI is InChI=1S/C16H31NO4/c1-5-16(15(18)19,17-6-2)8-7-9-20-14-10-12(3)21-13(4)11-14/h12-14,17H,5-11H2,1-4H3,(H,18,19). The Hall–Kier alpha value is -0.650. The summed E-state index contributed by atoms with van der Waals surface area (Å²) in [6.07, 6.45) is 4.52. The Bertz CT molecular complexity index is 313. The van der Waals surface area contributed by atoms with Gasteiger partial charge in [0.2, 0.25) is 0 Å². The van der Waals surface area contributed by atoms with E-state index in [1.165, 1.54) is 0 Å². The molecule has 0 aromatic carbocycles. The SMILES string of the molecule is CCNC(CC)(CCCOC1CC(C)OC(C)C1)C(=O)O. The molecule has 0 aliphatic carbocycles. The van der Waals surface area contributed by atoms with E-state index in [1.54, 1.807) is 0 Å². The molecule has 1 aliphatic heterocycles. The molecule has 2 N–H and O–H groups in total. The number of likely N-dealkylation sites (N-methyl/N-ethyl adjacent to an activating group) is 1. The second-order valence-electron chi connectivity index (χ2n) is 6.10. The van der Waals surface area contributed by atoms with Gasteiger partial charge in [-0.3, -0.25) is 4.79 Å². The monoisotopic (exact) mass is 301 g/mol. The third-order valence-corrected chi connectivity index (χ3v) is 4.28. The number of hydrogen-bond donors (Lipinski definition) is 2. The zero-order valence-electron chi connectivity index (χ0n) is 13.9. The molecule has 0 saturated carbocycles. The molecule has 0 bridgehead atoms. The van der Waals surface area contributed by atoms with Crippen molar-refractivity contribution < 1.29 is 19.4 Å². The van der Waals surface area contributed by atoms with Crippen LogP contribution in [0.3, 0.4) is 0 Å². The van der Waals surface area contributed by atoms with Gasteiger partial charge in [-0.15, -0.1) is 0 Å². The zero-order chi connectivity index (χ0) is 15.9. The highest BCUT2D eigenvalue weighted by atomic mass is 16.5. The van der Waals surface area contributed by atoms with Gasteiger partial charge >= 0.3 is 5.97 Å². The highest BCUT2D eigenvalue weighted by molar-refractivity contribution is 5.78. The molecule has 0 aromatic heterocycles. The summed E-state index contributed by atoms with van der Waals surface area (Å²) < 4.78 is 11.6. The van der Waals surface area contributed by atoms with Gasteiger partial charge in [0.15, 0.2) is 0 Å². The van der Waals surface area contributed by atoms with E-state index >= 15 is 0 Å². The molecule has 0 amide bonds. The second-order valence-corrected chi connectivity index (χ2v) is 6.10. The molecule has 1 heterocycles. The summed E-state index contributed by atoms with van der Waals surface area (Å²) in [5, 5.41) is 12.6. The Morgan fingerprint density at radius 2 is 1.95 bits per heavy atom. The third-order valence-electron chi connectivity index (χ3n) is 4.28. The van der Waals surface area contributed by atoms with Gasteiger partial charge in [0, 0.05) is 6.61 Å². The second kappa shape index (κ2) is 8.71. The molecule has 3 unspecified atom stereocenters. The van der Waals surface area contributed by atoms with Crippen molar-refractivity contribution in [3.05, 3.63) is 0 Å². The van der Waals surface area contributed by atoms with Gasteiger partial charge < -0.3 is 19.9 Å². The minimum absolute atomic E-state index is 0.240. The molecule has 5 heteroatoms. The van der Waals surface area contributed by atoms with Crippen molar-refractivity contribution in [3.63, 3.8) is 0 Å². The molecule has 0 spiro atoms. The summed E-state index contributed by atoms with van der Waals surface area (Å²) in [5.41, 5.74) is -0.811. The number of ether oxygens (including phenoxy) is 2. The summed E-state index contributed by atoms with van der Waals surface area (Å²) in [5.74, 6) is -0.764.